The van der Waals surface area contributed by atoms with Gasteiger partial charge in [-0.3, -0.25) is 4.79 Å². The Kier molecular flexibility index (Phi) is 4.02. The highest BCUT2D eigenvalue weighted by molar-refractivity contribution is 9.10. The van der Waals surface area contributed by atoms with Gasteiger partial charge in [-0.1, -0.05) is 13.0 Å². The summed E-state index contributed by atoms with van der Waals surface area (Å²) in [5.41, 5.74) is 0.0473. The molecular formula is C13H15BrFNO2. The molecule has 1 aromatic rings. The lowest BCUT2D eigenvalue weighted by molar-refractivity contribution is 0.0246. The van der Waals surface area contributed by atoms with Crippen molar-refractivity contribution < 1.29 is 14.3 Å². The molecule has 2 unspecified atom stereocenters. The average Bonchev–Trinajstić information content (AvgIpc) is 2.35. The van der Waals surface area contributed by atoms with Gasteiger partial charge in [0.2, 0.25) is 0 Å². The first kappa shape index (κ1) is 13.5. The van der Waals surface area contributed by atoms with Crippen molar-refractivity contribution in [1.82, 2.24) is 4.90 Å². The van der Waals surface area contributed by atoms with E-state index < -0.39 is 11.9 Å². The lowest BCUT2D eigenvalue weighted by Gasteiger charge is -2.34. The summed E-state index contributed by atoms with van der Waals surface area (Å²) in [5, 5.41) is 9.77. The number of nitrogens with zero attached hydrogens (tertiary/aromatic N) is 1. The molecule has 5 heteroatoms. The van der Waals surface area contributed by atoms with E-state index in [0.29, 0.717) is 6.54 Å². The van der Waals surface area contributed by atoms with Gasteiger partial charge in [0.1, 0.15) is 5.82 Å². The van der Waals surface area contributed by atoms with Crippen LogP contribution in [0.4, 0.5) is 4.39 Å². The molecule has 3 nitrogen and oxygen atoms in total. The molecule has 2 rings (SSSR count). The molecule has 98 valence electrons. The molecule has 0 aliphatic carbocycles. The minimum absolute atomic E-state index is 0.0473. The molecule has 1 N–H and O–H groups in total. The Morgan fingerprint density at radius 1 is 1.56 bits per heavy atom. The van der Waals surface area contributed by atoms with Gasteiger partial charge in [0.25, 0.3) is 5.91 Å². The van der Waals surface area contributed by atoms with Gasteiger partial charge < -0.3 is 10.0 Å². The SMILES string of the molecule is CC1CCN(C(=O)c2cccc(Br)c2F)CC1O. The number of aliphatic hydroxyl groups excluding tert-OH is 1. The molecule has 1 aliphatic heterocycles. The smallest absolute Gasteiger partial charge is 0.256 e. The molecule has 1 aromatic carbocycles. The van der Waals surface area contributed by atoms with E-state index in [4.69, 9.17) is 0 Å². The number of piperidine rings is 1. The minimum atomic E-state index is -0.546. The van der Waals surface area contributed by atoms with Crippen molar-refractivity contribution in [3.8, 4) is 0 Å². The van der Waals surface area contributed by atoms with Crippen LogP contribution < -0.4 is 0 Å². The van der Waals surface area contributed by atoms with Gasteiger partial charge in [0, 0.05) is 13.1 Å². The summed E-state index contributed by atoms with van der Waals surface area (Å²) in [6.45, 7) is 2.78. The fourth-order valence-electron chi connectivity index (χ4n) is 2.07. The number of aliphatic hydroxyl groups is 1. The van der Waals surface area contributed by atoms with E-state index in [-0.39, 0.29) is 28.4 Å². The van der Waals surface area contributed by atoms with Gasteiger partial charge in [-0.25, -0.2) is 4.39 Å². The summed E-state index contributed by atoms with van der Waals surface area (Å²) in [7, 11) is 0. The lowest BCUT2D eigenvalue weighted by Crippen LogP contribution is -2.46. The number of hydrogen-bond acceptors (Lipinski definition) is 2. The molecule has 1 fully saturated rings. The lowest BCUT2D eigenvalue weighted by atomic mass is 9.95. The van der Waals surface area contributed by atoms with Crippen LogP contribution in [0.3, 0.4) is 0 Å². The Labute approximate surface area is 114 Å². The van der Waals surface area contributed by atoms with Gasteiger partial charge >= 0.3 is 0 Å². The molecule has 2 atom stereocenters. The number of halogens is 2. The number of hydrogen-bond donors (Lipinski definition) is 1. The van der Waals surface area contributed by atoms with E-state index in [9.17, 15) is 14.3 Å². The molecule has 1 heterocycles. The van der Waals surface area contributed by atoms with Crippen LogP contribution in [-0.4, -0.2) is 35.1 Å². The third kappa shape index (κ3) is 2.57. The van der Waals surface area contributed by atoms with Crippen LogP contribution in [0.1, 0.15) is 23.7 Å². The highest BCUT2D eigenvalue weighted by Crippen LogP contribution is 2.23. The number of carbonyl (C=O) groups is 1. The van der Waals surface area contributed by atoms with Gasteiger partial charge in [0.05, 0.1) is 16.1 Å². The quantitative estimate of drug-likeness (QED) is 0.864. The highest BCUT2D eigenvalue weighted by Gasteiger charge is 2.29. The maximum absolute atomic E-state index is 13.8. The summed E-state index contributed by atoms with van der Waals surface area (Å²) in [5.74, 6) is -0.725. The first-order valence-electron chi connectivity index (χ1n) is 5.92. The molecular weight excluding hydrogens is 301 g/mol. The third-order valence-corrected chi connectivity index (χ3v) is 4.00. The molecule has 18 heavy (non-hydrogen) atoms. The Balaban J connectivity index is 2.19. The normalized spacial score (nSPS) is 24.1. The molecule has 1 saturated heterocycles. The average molecular weight is 316 g/mol. The van der Waals surface area contributed by atoms with Crippen LogP contribution in [0, 0.1) is 11.7 Å². The Morgan fingerprint density at radius 2 is 2.28 bits per heavy atom. The summed E-state index contributed by atoms with van der Waals surface area (Å²) in [6, 6.07) is 4.65. The zero-order valence-electron chi connectivity index (χ0n) is 10.1. The summed E-state index contributed by atoms with van der Waals surface area (Å²) in [4.78, 5) is 13.7. The fourth-order valence-corrected chi connectivity index (χ4v) is 2.44. The summed E-state index contributed by atoms with van der Waals surface area (Å²) in [6.07, 6.45) is 0.209. The topological polar surface area (TPSA) is 40.5 Å². The summed E-state index contributed by atoms with van der Waals surface area (Å²) < 4.78 is 14.1. The van der Waals surface area contributed by atoms with Crippen LogP contribution in [-0.2, 0) is 0 Å². The molecule has 1 aliphatic rings. The minimum Gasteiger partial charge on any atom is -0.391 e. The van der Waals surface area contributed by atoms with Gasteiger partial charge in [0.15, 0.2) is 0 Å². The second-order valence-corrected chi connectivity index (χ2v) is 5.54. The number of β-amino-alcohol motifs (C(OH)–C–C–N with tert-alkyl or cyclic N) is 1. The zero-order chi connectivity index (χ0) is 13.3. The van der Waals surface area contributed by atoms with Crippen LogP contribution in [0.25, 0.3) is 0 Å². The summed E-state index contributed by atoms with van der Waals surface area (Å²) >= 11 is 3.06. The molecule has 0 saturated carbocycles. The van der Waals surface area contributed by atoms with E-state index in [1.807, 2.05) is 6.92 Å². The van der Waals surface area contributed by atoms with Gasteiger partial charge in [-0.15, -0.1) is 0 Å². The Bertz CT molecular complexity index is 466. The van der Waals surface area contributed by atoms with Crippen LogP contribution in [0.5, 0.6) is 0 Å². The number of carbonyl (C=O) groups excluding carboxylic acids is 1. The van der Waals surface area contributed by atoms with E-state index >= 15 is 0 Å². The number of benzene rings is 1. The molecule has 0 aromatic heterocycles. The van der Waals surface area contributed by atoms with E-state index in [0.717, 1.165) is 6.42 Å². The molecule has 0 spiro atoms. The van der Waals surface area contributed by atoms with Crippen molar-refractivity contribution in [1.29, 1.82) is 0 Å². The third-order valence-electron chi connectivity index (χ3n) is 3.39. The molecule has 1 amide bonds. The maximum Gasteiger partial charge on any atom is 0.256 e. The van der Waals surface area contributed by atoms with Crippen molar-refractivity contribution in [3.05, 3.63) is 34.1 Å². The van der Waals surface area contributed by atoms with Crippen molar-refractivity contribution in [2.75, 3.05) is 13.1 Å². The second kappa shape index (κ2) is 5.36. The second-order valence-electron chi connectivity index (χ2n) is 4.69. The van der Waals surface area contributed by atoms with Crippen LogP contribution >= 0.6 is 15.9 Å². The number of amides is 1. The Morgan fingerprint density at radius 3 is 2.94 bits per heavy atom. The first-order valence-corrected chi connectivity index (χ1v) is 6.71. The standard InChI is InChI=1S/C13H15BrFNO2/c1-8-5-6-16(7-11(8)17)13(18)9-3-2-4-10(14)12(9)15/h2-4,8,11,17H,5-7H2,1H3. The largest absolute Gasteiger partial charge is 0.391 e. The predicted molar refractivity (Wildman–Crippen MR) is 69.8 cm³/mol. The Hall–Kier alpha value is -0.940. The fraction of sp³-hybridized carbons (Fsp3) is 0.462. The highest BCUT2D eigenvalue weighted by atomic mass is 79.9. The number of rotatable bonds is 1. The van der Waals surface area contributed by atoms with Crippen molar-refractivity contribution in [2.45, 2.75) is 19.4 Å². The zero-order valence-corrected chi connectivity index (χ0v) is 11.7. The van der Waals surface area contributed by atoms with E-state index in [2.05, 4.69) is 15.9 Å². The number of likely N-dealkylation sites (tertiary alicyclic amines) is 1. The van der Waals surface area contributed by atoms with Crippen LogP contribution in [0.15, 0.2) is 22.7 Å². The van der Waals surface area contributed by atoms with Crippen molar-refractivity contribution >= 4 is 21.8 Å². The predicted octanol–water partition coefficient (Wildman–Crippen LogP) is 2.43. The van der Waals surface area contributed by atoms with Crippen LogP contribution in [0.2, 0.25) is 0 Å². The monoisotopic (exact) mass is 315 g/mol. The van der Waals surface area contributed by atoms with E-state index in [1.54, 1.807) is 12.1 Å². The van der Waals surface area contributed by atoms with Gasteiger partial charge in [-0.2, -0.15) is 0 Å². The van der Waals surface area contributed by atoms with Crippen molar-refractivity contribution in [3.63, 3.8) is 0 Å². The van der Waals surface area contributed by atoms with Crippen molar-refractivity contribution in [2.24, 2.45) is 5.92 Å². The first-order chi connectivity index (χ1) is 8.50. The van der Waals surface area contributed by atoms with E-state index in [1.165, 1.54) is 11.0 Å². The molecule has 0 radical (unpaired) electrons. The van der Waals surface area contributed by atoms with Gasteiger partial charge in [-0.05, 0) is 40.4 Å². The molecule has 0 bridgehead atoms. The maximum atomic E-state index is 13.8.